The average molecular weight is 444 g/mol. The van der Waals surface area contributed by atoms with Gasteiger partial charge < -0.3 is 10.2 Å². The van der Waals surface area contributed by atoms with Gasteiger partial charge in [0.1, 0.15) is 5.82 Å². The van der Waals surface area contributed by atoms with E-state index in [0.717, 1.165) is 37.2 Å². The van der Waals surface area contributed by atoms with Gasteiger partial charge in [-0.25, -0.2) is 4.39 Å². The van der Waals surface area contributed by atoms with Crippen LogP contribution in [-0.4, -0.2) is 47.3 Å². The number of carbonyl (C=O) groups is 2. The summed E-state index contributed by atoms with van der Waals surface area (Å²) in [4.78, 5) is 28.5. The summed E-state index contributed by atoms with van der Waals surface area (Å²) in [5.41, 5.74) is 2.35. The molecule has 2 aromatic rings. The Morgan fingerprint density at radius 2 is 1.94 bits per heavy atom. The first-order valence-electron chi connectivity index (χ1n) is 10.4. The van der Waals surface area contributed by atoms with Crippen molar-refractivity contribution in [1.29, 1.82) is 0 Å². The Morgan fingerprint density at radius 3 is 2.61 bits per heavy atom. The normalized spacial score (nSPS) is 17.2. The van der Waals surface area contributed by atoms with E-state index in [1.165, 1.54) is 19.1 Å². The van der Waals surface area contributed by atoms with Crippen LogP contribution >= 0.6 is 11.6 Å². The lowest BCUT2D eigenvalue weighted by atomic mass is 10.1. The summed E-state index contributed by atoms with van der Waals surface area (Å²) in [6.45, 7) is 6.39. The number of nitrogens with one attached hydrogen (secondary N) is 1. The molecule has 1 fully saturated rings. The van der Waals surface area contributed by atoms with E-state index in [1.807, 2.05) is 4.90 Å². The van der Waals surface area contributed by atoms with Crippen molar-refractivity contribution in [2.45, 2.75) is 32.9 Å². The Kier molecular flexibility index (Phi) is 7.82. The number of carbonyl (C=O) groups excluding carboxylic acids is 2. The highest BCUT2D eigenvalue weighted by Gasteiger charge is 2.28. The van der Waals surface area contributed by atoms with Gasteiger partial charge in [-0.15, -0.1) is 0 Å². The second-order valence-electron chi connectivity index (χ2n) is 7.70. The molecule has 164 valence electrons. The molecule has 0 unspecified atom stereocenters. The van der Waals surface area contributed by atoms with Gasteiger partial charge in [0, 0.05) is 55.9 Å². The second-order valence-corrected chi connectivity index (χ2v) is 8.14. The zero-order valence-electron chi connectivity index (χ0n) is 17.8. The lowest BCUT2D eigenvalue weighted by Crippen LogP contribution is -2.54. The van der Waals surface area contributed by atoms with E-state index in [9.17, 15) is 14.0 Å². The number of benzene rings is 2. The summed E-state index contributed by atoms with van der Waals surface area (Å²) in [6.07, 6.45) is 4.10. The van der Waals surface area contributed by atoms with E-state index < -0.39 is 0 Å². The van der Waals surface area contributed by atoms with Crippen molar-refractivity contribution >= 4 is 35.2 Å². The van der Waals surface area contributed by atoms with Gasteiger partial charge in [-0.2, -0.15) is 0 Å². The van der Waals surface area contributed by atoms with Crippen molar-refractivity contribution in [1.82, 2.24) is 9.80 Å². The number of piperazine rings is 1. The van der Waals surface area contributed by atoms with Crippen LogP contribution in [0, 0.1) is 5.82 Å². The fourth-order valence-electron chi connectivity index (χ4n) is 3.78. The Hall–Kier alpha value is -2.70. The fraction of sp³-hybridized carbons (Fsp3) is 0.333. The molecule has 0 aromatic heterocycles. The van der Waals surface area contributed by atoms with Crippen LogP contribution in [0.3, 0.4) is 0 Å². The highest BCUT2D eigenvalue weighted by molar-refractivity contribution is 6.31. The van der Waals surface area contributed by atoms with E-state index in [4.69, 9.17) is 11.6 Å². The molecule has 2 amide bonds. The van der Waals surface area contributed by atoms with Crippen LogP contribution < -0.4 is 5.32 Å². The van der Waals surface area contributed by atoms with Gasteiger partial charge in [-0.05, 0) is 47.9 Å². The van der Waals surface area contributed by atoms with E-state index in [2.05, 4.69) is 17.1 Å². The summed E-state index contributed by atoms with van der Waals surface area (Å²) >= 11 is 6.03. The molecule has 1 aliphatic heterocycles. The molecule has 1 heterocycles. The van der Waals surface area contributed by atoms with Gasteiger partial charge in [0.05, 0.1) is 0 Å². The number of hydrogen-bond donors (Lipinski definition) is 1. The first-order chi connectivity index (χ1) is 14.9. The van der Waals surface area contributed by atoms with Crippen LogP contribution in [0.25, 0.3) is 6.08 Å². The zero-order chi connectivity index (χ0) is 22.4. The maximum atomic E-state index is 13.1. The molecular formula is C24H27ClFN3O2. The number of anilines is 1. The Bertz CT molecular complexity index is 962. The molecule has 31 heavy (non-hydrogen) atoms. The minimum Gasteiger partial charge on any atom is -0.334 e. The number of rotatable bonds is 6. The maximum absolute atomic E-state index is 13.1. The zero-order valence-corrected chi connectivity index (χ0v) is 18.5. The topological polar surface area (TPSA) is 52.6 Å². The third-order valence-corrected chi connectivity index (χ3v) is 5.61. The van der Waals surface area contributed by atoms with Crippen LogP contribution in [0.2, 0.25) is 5.02 Å². The van der Waals surface area contributed by atoms with Crippen molar-refractivity contribution in [3.63, 3.8) is 0 Å². The van der Waals surface area contributed by atoms with Crippen LogP contribution in [-0.2, 0) is 16.1 Å². The molecule has 1 saturated heterocycles. The Morgan fingerprint density at radius 1 is 1.19 bits per heavy atom. The Labute approximate surface area is 187 Å². The van der Waals surface area contributed by atoms with Crippen molar-refractivity contribution in [2.75, 3.05) is 25.0 Å². The lowest BCUT2D eigenvalue weighted by molar-refractivity contribution is -0.131. The van der Waals surface area contributed by atoms with Crippen LogP contribution in [0.1, 0.15) is 31.4 Å². The molecule has 2 aromatic carbocycles. The van der Waals surface area contributed by atoms with Gasteiger partial charge in [0.15, 0.2) is 0 Å². The Balaban J connectivity index is 1.65. The predicted octanol–water partition coefficient (Wildman–Crippen LogP) is 4.57. The molecule has 0 bridgehead atoms. The minimum absolute atomic E-state index is 0.0583. The standard InChI is InChI=1S/C24H27ClFN3O2/c1-3-22-16-28(15-18-4-9-21(26)10-5-18)12-13-29(22)24(31)11-7-19-6-8-20(25)14-23(19)27-17(2)30/h4-11,14,22H,3,12-13,15-16H2,1-2H3,(H,27,30)/t22-/m1/s1. The number of amides is 2. The predicted molar refractivity (Wildman–Crippen MR) is 122 cm³/mol. The molecule has 3 rings (SSSR count). The van der Waals surface area contributed by atoms with E-state index in [-0.39, 0.29) is 23.7 Å². The first kappa shape index (κ1) is 23.0. The van der Waals surface area contributed by atoms with E-state index in [0.29, 0.717) is 17.3 Å². The molecule has 1 N–H and O–H groups in total. The third kappa shape index (κ3) is 6.39. The molecule has 0 saturated carbocycles. The molecule has 0 radical (unpaired) electrons. The third-order valence-electron chi connectivity index (χ3n) is 5.37. The van der Waals surface area contributed by atoms with Crippen LogP contribution in [0.5, 0.6) is 0 Å². The van der Waals surface area contributed by atoms with Crippen molar-refractivity contribution in [3.05, 3.63) is 70.5 Å². The number of nitrogens with zero attached hydrogens (tertiary/aromatic N) is 2. The summed E-state index contributed by atoms with van der Waals surface area (Å²) in [6, 6.07) is 11.8. The highest BCUT2D eigenvalue weighted by atomic mass is 35.5. The number of halogens is 2. The minimum atomic E-state index is -0.236. The van der Waals surface area contributed by atoms with Crippen molar-refractivity contribution < 1.29 is 14.0 Å². The highest BCUT2D eigenvalue weighted by Crippen LogP contribution is 2.23. The molecular weight excluding hydrogens is 417 g/mol. The molecule has 5 nitrogen and oxygen atoms in total. The van der Waals surface area contributed by atoms with Gasteiger partial charge in [0.2, 0.25) is 11.8 Å². The molecule has 7 heteroatoms. The molecule has 0 aliphatic carbocycles. The van der Waals surface area contributed by atoms with E-state index >= 15 is 0 Å². The van der Waals surface area contributed by atoms with Crippen LogP contribution in [0.4, 0.5) is 10.1 Å². The van der Waals surface area contributed by atoms with Crippen LogP contribution in [0.15, 0.2) is 48.5 Å². The van der Waals surface area contributed by atoms with Crippen molar-refractivity contribution in [3.8, 4) is 0 Å². The van der Waals surface area contributed by atoms with Gasteiger partial charge >= 0.3 is 0 Å². The average Bonchev–Trinajstić information content (AvgIpc) is 2.74. The smallest absolute Gasteiger partial charge is 0.246 e. The molecule has 0 spiro atoms. The monoisotopic (exact) mass is 443 g/mol. The van der Waals surface area contributed by atoms with E-state index in [1.54, 1.807) is 42.5 Å². The molecule has 1 aliphatic rings. The van der Waals surface area contributed by atoms with Crippen molar-refractivity contribution in [2.24, 2.45) is 0 Å². The summed E-state index contributed by atoms with van der Waals surface area (Å²) < 4.78 is 13.1. The maximum Gasteiger partial charge on any atom is 0.246 e. The van der Waals surface area contributed by atoms with Gasteiger partial charge in [-0.1, -0.05) is 36.7 Å². The second kappa shape index (κ2) is 10.6. The lowest BCUT2D eigenvalue weighted by Gasteiger charge is -2.41. The first-order valence-corrected chi connectivity index (χ1v) is 10.8. The fourth-order valence-corrected chi connectivity index (χ4v) is 3.95. The SMILES string of the molecule is CC[C@@H]1CN(Cc2ccc(F)cc2)CCN1C(=O)C=Cc1ccc(Cl)cc1NC(C)=O. The summed E-state index contributed by atoms with van der Waals surface area (Å²) in [7, 11) is 0. The van der Waals surface area contributed by atoms with Gasteiger partial charge in [0.25, 0.3) is 0 Å². The number of hydrogen-bond acceptors (Lipinski definition) is 3. The van der Waals surface area contributed by atoms with Gasteiger partial charge in [-0.3, -0.25) is 14.5 Å². The molecule has 1 atom stereocenters. The quantitative estimate of drug-likeness (QED) is 0.665. The summed E-state index contributed by atoms with van der Waals surface area (Å²) in [5.74, 6) is -0.497. The summed E-state index contributed by atoms with van der Waals surface area (Å²) in [5, 5.41) is 3.25. The largest absolute Gasteiger partial charge is 0.334 e.